The third-order valence-corrected chi connectivity index (χ3v) is 4.58. The number of hydrogen-bond donors (Lipinski definition) is 1. The smallest absolute Gasteiger partial charge is 0.335 e. The molecule has 0 radical (unpaired) electrons. The van der Waals surface area contributed by atoms with Gasteiger partial charge in [0.2, 0.25) is 0 Å². The van der Waals surface area contributed by atoms with E-state index < -0.39 is 5.97 Å². The average Bonchev–Trinajstić information content (AvgIpc) is 2.59. The molecule has 0 unspecified atom stereocenters. The normalized spacial score (nSPS) is 14.8. The second-order valence-corrected chi connectivity index (χ2v) is 6.49. The Kier molecular flexibility index (Phi) is 5.24. The van der Waals surface area contributed by atoms with Crippen molar-refractivity contribution >= 4 is 5.97 Å². The van der Waals surface area contributed by atoms with Crippen LogP contribution in [0.15, 0.2) is 42.5 Å². The second kappa shape index (κ2) is 7.57. The zero-order chi connectivity index (χ0) is 17.8. The summed E-state index contributed by atoms with van der Waals surface area (Å²) in [6.07, 6.45) is 1.00. The first kappa shape index (κ1) is 17.3. The van der Waals surface area contributed by atoms with E-state index in [4.69, 9.17) is 14.6 Å². The van der Waals surface area contributed by atoms with Crippen molar-refractivity contribution in [1.82, 2.24) is 4.90 Å². The summed E-state index contributed by atoms with van der Waals surface area (Å²) in [6, 6.07) is 13.1. The van der Waals surface area contributed by atoms with Gasteiger partial charge >= 0.3 is 5.97 Å². The van der Waals surface area contributed by atoms with E-state index in [9.17, 15) is 4.79 Å². The molecule has 3 rings (SSSR count). The van der Waals surface area contributed by atoms with Crippen LogP contribution in [0.1, 0.15) is 21.5 Å². The molecule has 0 aromatic heterocycles. The van der Waals surface area contributed by atoms with Crippen molar-refractivity contribution in [3.63, 3.8) is 0 Å². The minimum atomic E-state index is -0.885. The minimum absolute atomic E-state index is 0.331. The van der Waals surface area contributed by atoms with Gasteiger partial charge in [0, 0.05) is 25.7 Å². The monoisotopic (exact) mass is 341 g/mol. The van der Waals surface area contributed by atoms with E-state index in [2.05, 4.69) is 17.0 Å². The highest BCUT2D eigenvalue weighted by atomic mass is 16.5. The summed E-state index contributed by atoms with van der Waals surface area (Å²) >= 11 is 0. The number of likely N-dealkylation sites (tertiary alicyclic amines) is 1. The molecule has 0 aliphatic carbocycles. The Morgan fingerprint density at radius 1 is 1.04 bits per heavy atom. The van der Waals surface area contributed by atoms with Crippen molar-refractivity contribution < 1.29 is 19.4 Å². The Morgan fingerprint density at radius 3 is 2.16 bits per heavy atom. The van der Waals surface area contributed by atoms with E-state index in [0.29, 0.717) is 11.5 Å². The topological polar surface area (TPSA) is 59.0 Å². The van der Waals surface area contributed by atoms with Gasteiger partial charge in [-0.25, -0.2) is 4.79 Å². The SMILES string of the molecule is COc1cc(CC2CN(Cc3ccc(C(=O)O)cc3)C2)cc(OC)c1. The predicted octanol–water partition coefficient (Wildman–Crippen LogP) is 3.08. The minimum Gasteiger partial charge on any atom is -0.497 e. The number of benzene rings is 2. The third kappa shape index (κ3) is 4.31. The van der Waals surface area contributed by atoms with Crippen molar-refractivity contribution in [3.8, 4) is 11.5 Å². The van der Waals surface area contributed by atoms with Crippen molar-refractivity contribution in [2.45, 2.75) is 13.0 Å². The van der Waals surface area contributed by atoms with Crippen LogP contribution in [0.2, 0.25) is 0 Å². The fraction of sp³-hybridized carbons (Fsp3) is 0.350. The lowest BCUT2D eigenvalue weighted by Crippen LogP contribution is -2.46. The van der Waals surface area contributed by atoms with E-state index in [-0.39, 0.29) is 0 Å². The van der Waals surface area contributed by atoms with Gasteiger partial charge in [0.05, 0.1) is 19.8 Å². The molecule has 1 fully saturated rings. The maximum atomic E-state index is 10.9. The van der Waals surface area contributed by atoms with Crippen molar-refractivity contribution in [3.05, 3.63) is 59.2 Å². The Bertz CT molecular complexity index is 714. The first-order chi connectivity index (χ1) is 12.1. The highest BCUT2D eigenvalue weighted by Gasteiger charge is 2.26. The third-order valence-electron chi connectivity index (χ3n) is 4.58. The van der Waals surface area contributed by atoms with Crippen LogP contribution in [0.25, 0.3) is 0 Å². The Morgan fingerprint density at radius 2 is 1.64 bits per heavy atom. The zero-order valence-corrected chi connectivity index (χ0v) is 14.6. The summed E-state index contributed by atoms with van der Waals surface area (Å²) < 4.78 is 10.6. The fourth-order valence-electron chi connectivity index (χ4n) is 3.26. The summed E-state index contributed by atoms with van der Waals surface area (Å²) in [5.74, 6) is 1.38. The average molecular weight is 341 g/mol. The molecular weight excluding hydrogens is 318 g/mol. The summed E-state index contributed by atoms with van der Waals surface area (Å²) in [5.41, 5.74) is 2.70. The summed E-state index contributed by atoms with van der Waals surface area (Å²) in [7, 11) is 3.33. The molecule has 1 aliphatic heterocycles. The van der Waals surface area contributed by atoms with E-state index in [1.165, 1.54) is 5.56 Å². The Hall–Kier alpha value is -2.53. The molecule has 1 heterocycles. The molecule has 0 saturated carbocycles. The maximum Gasteiger partial charge on any atom is 0.335 e. The van der Waals surface area contributed by atoms with Gasteiger partial charge in [-0.3, -0.25) is 4.90 Å². The molecule has 0 spiro atoms. The zero-order valence-electron chi connectivity index (χ0n) is 14.6. The standard InChI is InChI=1S/C20H23NO4/c1-24-18-8-15(9-19(10-18)25-2)7-16-12-21(13-16)11-14-3-5-17(6-4-14)20(22)23/h3-6,8-10,16H,7,11-13H2,1-2H3,(H,22,23). The van der Waals surface area contributed by atoms with Crippen LogP contribution in [0.5, 0.6) is 11.5 Å². The lowest BCUT2D eigenvalue weighted by Gasteiger charge is -2.39. The van der Waals surface area contributed by atoms with Gasteiger partial charge in [0.25, 0.3) is 0 Å². The maximum absolute atomic E-state index is 10.9. The molecule has 5 nitrogen and oxygen atoms in total. The first-order valence-corrected chi connectivity index (χ1v) is 8.34. The molecule has 1 aliphatic rings. The molecule has 5 heteroatoms. The molecule has 1 N–H and O–H groups in total. The highest BCUT2D eigenvalue weighted by molar-refractivity contribution is 5.87. The van der Waals surface area contributed by atoms with Crippen molar-refractivity contribution in [2.75, 3.05) is 27.3 Å². The number of ether oxygens (including phenoxy) is 2. The van der Waals surface area contributed by atoms with Crippen LogP contribution in [-0.4, -0.2) is 43.3 Å². The molecule has 132 valence electrons. The number of carboxylic acids is 1. The molecule has 0 atom stereocenters. The Labute approximate surface area is 147 Å². The number of carboxylic acid groups (broad SMARTS) is 1. The van der Waals surface area contributed by atoms with Gasteiger partial charge in [0.15, 0.2) is 0 Å². The van der Waals surface area contributed by atoms with Gasteiger partial charge in [-0.05, 0) is 47.7 Å². The lowest BCUT2D eigenvalue weighted by atomic mass is 9.91. The molecule has 2 aromatic carbocycles. The molecule has 2 aromatic rings. The van der Waals surface area contributed by atoms with E-state index in [1.54, 1.807) is 26.4 Å². The molecule has 25 heavy (non-hydrogen) atoms. The summed E-state index contributed by atoms with van der Waals surface area (Å²) in [5, 5.41) is 8.94. The van der Waals surface area contributed by atoms with Gasteiger partial charge in [-0.15, -0.1) is 0 Å². The van der Waals surface area contributed by atoms with Crippen molar-refractivity contribution in [1.29, 1.82) is 0 Å². The van der Waals surface area contributed by atoms with Crippen LogP contribution in [-0.2, 0) is 13.0 Å². The number of rotatable bonds is 7. The van der Waals surface area contributed by atoms with E-state index in [1.807, 2.05) is 18.2 Å². The molecular formula is C20H23NO4. The fourth-order valence-corrected chi connectivity index (χ4v) is 3.26. The first-order valence-electron chi connectivity index (χ1n) is 8.34. The summed E-state index contributed by atoms with van der Waals surface area (Å²) in [6.45, 7) is 2.94. The van der Waals surface area contributed by atoms with Crippen LogP contribution in [0, 0.1) is 5.92 Å². The van der Waals surface area contributed by atoms with Crippen LogP contribution in [0.4, 0.5) is 0 Å². The number of methoxy groups -OCH3 is 2. The van der Waals surface area contributed by atoms with E-state index >= 15 is 0 Å². The van der Waals surface area contributed by atoms with Gasteiger partial charge < -0.3 is 14.6 Å². The van der Waals surface area contributed by atoms with Crippen LogP contribution < -0.4 is 9.47 Å². The number of hydrogen-bond acceptors (Lipinski definition) is 4. The Balaban J connectivity index is 1.52. The van der Waals surface area contributed by atoms with Crippen LogP contribution >= 0.6 is 0 Å². The molecule has 1 saturated heterocycles. The number of carbonyl (C=O) groups is 1. The van der Waals surface area contributed by atoms with Crippen LogP contribution in [0.3, 0.4) is 0 Å². The lowest BCUT2D eigenvalue weighted by molar-refractivity contribution is 0.0696. The highest BCUT2D eigenvalue weighted by Crippen LogP contribution is 2.27. The van der Waals surface area contributed by atoms with Gasteiger partial charge in [0.1, 0.15) is 11.5 Å². The molecule has 0 bridgehead atoms. The largest absolute Gasteiger partial charge is 0.497 e. The number of nitrogens with zero attached hydrogens (tertiary/aromatic N) is 1. The molecule has 0 amide bonds. The van der Waals surface area contributed by atoms with Crippen molar-refractivity contribution in [2.24, 2.45) is 5.92 Å². The predicted molar refractivity (Wildman–Crippen MR) is 95.4 cm³/mol. The van der Waals surface area contributed by atoms with Gasteiger partial charge in [-0.1, -0.05) is 12.1 Å². The van der Waals surface area contributed by atoms with E-state index in [0.717, 1.165) is 43.1 Å². The van der Waals surface area contributed by atoms with Gasteiger partial charge in [-0.2, -0.15) is 0 Å². The number of aromatic carboxylic acids is 1. The quantitative estimate of drug-likeness (QED) is 0.839. The second-order valence-electron chi connectivity index (χ2n) is 6.49. The summed E-state index contributed by atoms with van der Waals surface area (Å²) in [4.78, 5) is 13.3.